The lowest BCUT2D eigenvalue weighted by Gasteiger charge is -2.29. The van der Waals surface area contributed by atoms with Gasteiger partial charge in [0, 0.05) is 18.5 Å². The van der Waals surface area contributed by atoms with Crippen molar-refractivity contribution < 1.29 is 21.3 Å². The van der Waals surface area contributed by atoms with Gasteiger partial charge in [-0.15, -0.1) is 0 Å². The van der Waals surface area contributed by atoms with Gasteiger partial charge in [0.1, 0.15) is 11.5 Å². The fourth-order valence-electron chi connectivity index (χ4n) is 2.97. The second-order valence-electron chi connectivity index (χ2n) is 6.24. The van der Waals surface area contributed by atoms with Crippen LogP contribution in [0.4, 0.5) is 0 Å². The van der Waals surface area contributed by atoms with Crippen molar-refractivity contribution in [2.45, 2.75) is 23.8 Å². The van der Waals surface area contributed by atoms with Gasteiger partial charge in [0.05, 0.1) is 11.5 Å². The van der Waals surface area contributed by atoms with Crippen LogP contribution in [0, 0.1) is 0 Å². The number of rotatable bonds is 6. The summed E-state index contributed by atoms with van der Waals surface area (Å²) < 4.78 is 56.3. The van der Waals surface area contributed by atoms with Crippen LogP contribution in [0.25, 0.3) is 6.08 Å². The van der Waals surface area contributed by atoms with Crippen LogP contribution in [0.2, 0.25) is 0 Å². The van der Waals surface area contributed by atoms with Crippen molar-refractivity contribution in [2.75, 3.05) is 13.1 Å². The molecular weight excluding hydrogens is 374 g/mol. The molecule has 0 unspecified atom stereocenters. The van der Waals surface area contributed by atoms with Crippen molar-refractivity contribution in [2.24, 2.45) is 0 Å². The maximum absolute atomic E-state index is 12.5. The highest BCUT2D eigenvalue weighted by Gasteiger charge is 2.33. The summed E-state index contributed by atoms with van der Waals surface area (Å²) in [5.41, 5.74) is 0.798. The number of sulfonamides is 1. The number of nitrogens with zero attached hydrogens (tertiary/aromatic N) is 1. The summed E-state index contributed by atoms with van der Waals surface area (Å²) in [6.45, 7) is 0.396. The quantitative estimate of drug-likeness (QED) is 0.751. The molecule has 0 bridgehead atoms. The normalized spacial score (nSPS) is 17.7. The Morgan fingerprint density at radius 1 is 1.00 bits per heavy atom. The summed E-state index contributed by atoms with van der Waals surface area (Å²) in [5.74, 6) is 0.261. The van der Waals surface area contributed by atoms with Crippen LogP contribution in [0.3, 0.4) is 0 Å². The highest BCUT2D eigenvalue weighted by atomic mass is 32.2. The highest BCUT2D eigenvalue weighted by molar-refractivity contribution is 7.92. The van der Waals surface area contributed by atoms with E-state index in [0.717, 1.165) is 5.56 Å². The molecule has 1 saturated heterocycles. The molecule has 1 aromatic heterocycles. The van der Waals surface area contributed by atoms with E-state index in [2.05, 4.69) is 0 Å². The van der Waals surface area contributed by atoms with E-state index in [1.807, 2.05) is 30.3 Å². The number of piperidine rings is 1. The van der Waals surface area contributed by atoms with Crippen LogP contribution in [-0.4, -0.2) is 39.5 Å². The van der Waals surface area contributed by atoms with Crippen molar-refractivity contribution in [3.63, 3.8) is 0 Å². The molecule has 2 aromatic rings. The molecule has 0 amide bonds. The van der Waals surface area contributed by atoms with E-state index in [9.17, 15) is 16.8 Å². The van der Waals surface area contributed by atoms with Gasteiger partial charge in [0.25, 0.3) is 0 Å². The molecule has 1 aromatic carbocycles. The first kappa shape index (κ1) is 18.9. The summed E-state index contributed by atoms with van der Waals surface area (Å²) in [5, 5.41) is 0.636. The van der Waals surface area contributed by atoms with E-state index in [4.69, 9.17) is 4.42 Å². The van der Waals surface area contributed by atoms with Gasteiger partial charge in [-0.2, -0.15) is 4.31 Å². The lowest BCUT2D eigenvalue weighted by molar-refractivity contribution is 0.349. The Morgan fingerprint density at radius 2 is 1.69 bits per heavy atom. The van der Waals surface area contributed by atoms with E-state index in [-0.39, 0.29) is 18.8 Å². The van der Waals surface area contributed by atoms with Gasteiger partial charge in [0.15, 0.2) is 9.84 Å². The molecule has 1 aliphatic heterocycles. The maximum atomic E-state index is 12.5. The monoisotopic (exact) mass is 395 g/mol. The molecule has 8 heteroatoms. The van der Waals surface area contributed by atoms with Gasteiger partial charge in [-0.1, -0.05) is 30.3 Å². The molecule has 0 aliphatic carbocycles. The zero-order valence-electron chi connectivity index (χ0n) is 14.2. The third-order valence-corrected chi connectivity index (χ3v) is 8.16. The smallest absolute Gasteiger partial charge is 0.236 e. The Bertz CT molecular complexity index is 940. The largest absolute Gasteiger partial charge is 0.468 e. The first-order valence-corrected chi connectivity index (χ1v) is 11.6. The average Bonchev–Trinajstić information content (AvgIpc) is 3.13. The Labute approximate surface area is 154 Å². The predicted molar refractivity (Wildman–Crippen MR) is 100 cm³/mol. The van der Waals surface area contributed by atoms with Gasteiger partial charge < -0.3 is 4.42 Å². The molecule has 0 radical (unpaired) electrons. The topological polar surface area (TPSA) is 84.7 Å². The van der Waals surface area contributed by atoms with Gasteiger partial charge in [0.2, 0.25) is 10.0 Å². The number of benzene rings is 1. The van der Waals surface area contributed by atoms with Gasteiger partial charge >= 0.3 is 0 Å². The molecule has 26 heavy (non-hydrogen) atoms. The van der Waals surface area contributed by atoms with Crippen LogP contribution < -0.4 is 0 Å². The van der Waals surface area contributed by atoms with E-state index in [1.54, 1.807) is 18.2 Å². The van der Waals surface area contributed by atoms with Crippen molar-refractivity contribution in [3.05, 3.63) is 65.5 Å². The van der Waals surface area contributed by atoms with Crippen LogP contribution in [0.15, 0.2) is 58.6 Å². The number of sulfone groups is 1. The summed E-state index contributed by atoms with van der Waals surface area (Å²) >= 11 is 0. The zero-order chi connectivity index (χ0) is 18.6. The molecule has 0 N–H and O–H groups in total. The molecule has 0 spiro atoms. The number of hydrogen-bond acceptors (Lipinski definition) is 5. The molecule has 140 valence electrons. The first-order valence-electron chi connectivity index (χ1n) is 8.34. The molecular formula is C18H21NO5S2. The van der Waals surface area contributed by atoms with Crippen LogP contribution >= 0.6 is 0 Å². The summed E-state index contributed by atoms with van der Waals surface area (Å²) in [6, 6.07) is 12.5. The standard InChI is InChI=1S/C18H21NO5S2/c20-25(21,15-17-7-4-13-24-17)18-8-11-19(12-9-18)26(22,23)14-10-16-5-2-1-3-6-16/h1-7,10,13-14,18H,8-9,11-12,15H2. The Morgan fingerprint density at radius 3 is 2.31 bits per heavy atom. The highest BCUT2D eigenvalue weighted by Crippen LogP contribution is 2.24. The molecule has 2 heterocycles. The van der Waals surface area contributed by atoms with Gasteiger partial charge in [-0.05, 0) is 36.6 Å². The molecule has 1 aliphatic rings. The van der Waals surface area contributed by atoms with E-state index < -0.39 is 25.1 Å². The summed E-state index contributed by atoms with van der Waals surface area (Å²) in [6.07, 6.45) is 3.58. The van der Waals surface area contributed by atoms with Crippen molar-refractivity contribution >= 4 is 25.9 Å². The Kier molecular flexibility index (Phi) is 5.64. The van der Waals surface area contributed by atoms with E-state index in [1.165, 1.54) is 16.0 Å². The van der Waals surface area contributed by atoms with Gasteiger partial charge in [-0.3, -0.25) is 0 Å². The SMILES string of the molecule is O=S(=O)(Cc1ccco1)C1CCN(S(=O)(=O)C=Cc2ccccc2)CC1. The average molecular weight is 396 g/mol. The predicted octanol–water partition coefficient (Wildman–Crippen LogP) is 2.66. The Balaban J connectivity index is 1.61. The van der Waals surface area contributed by atoms with Crippen molar-refractivity contribution in [3.8, 4) is 0 Å². The fraction of sp³-hybridized carbons (Fsp3) is 0.333. The zero-order valence-corrected chi connectivity index (χ0v) is 15.8. The number of hydrogen-bond donors (Lipinski definition) is 0. The second kappa shape index (κ2) is 7.77. The summed E-state index contributed by atoms with van der Waals surface area (Å²) in [7, 11) is -6.92. The van der Waals surface area contributed by atoms with Crippen LogP contribution in [0.5, 0.6) is 0 Å². The molecule has 1 fully saturated rings. The lowest BCUT2D eigenvalue weighted by Crippen LogP contribution is -2.41. The summed E-state index contributed by atoms with van der Waals surface area (Å²) in [4.78, 5) is 0. The van der Waals surface area contributed by atoms with E-state index >= 15 is 0 Å². The second-order valence-corrected chi connectivity index (χ2v) is 10.3. The number of furan rings is 1. The Hall–Kier alpha value is -1.90. The molecule has 3 rings (SSSR count). The first-order chi connectivity index (χ1) is 12.4. The maximum Gasteiger partial charge on any atom is 0.236 e. The minimum atomic E-state index is -3.56. The fourth-order valence-corrected chi connectivity index (χ4v) is 5.92. The van der Waals surface area contributed by atoms with Crippen molar-refractivity contribution in [1.82, 2.24) is 4.31 Å². The third kappa shape index (κ3) is 4.63. The lowest BCUT2D eigenvalue weighted by atomic mass is 10.2. The molecule has 0 atom stereocenters. The van der Waals surface area contributed by atoms with Crippen molar-refractivity contribution in [1.29, 1.82) is 0 Å². The van der Waals surface area contributed by atoms with Crippen LogP contribution in [-0.2, 0) is 25.6 Å². The molecule has 0 saturated carbocycles. The minimum absolute atomic E-state index is 0.147. The molecule has 6 nitrogen and oxygen atoms in total. The van der Waals surface area contributed by atoms with Crippen LogP contribution in [0.1, 0.15) is 24.2 Å². The van der Waals surface area contributed by atoms with E-state index in [0.29, 0.717) is 18.6 Å². The van der Waals surface area contributed by atoms with Gasteiger partial charge in [-0.25, -0.2) is 16.8 Å². The third-order valence-electron chi connectivity index (χ3n) is 4.42. The minimum Gasteiger partial charge on any atom is -0.468 e.